The number of hydrogen-bond acceptors (Lipinski definition) is 5. The molecular formula is C16H14ClNO6. The van der Waals surface area contributed by atoms with Gasteiger partial charge in [-0.1, -0.05) is 11.6 Å². The number of furan rings is 1. The number of carboxylic acid groups (broad SMARTS) is 1. The van der Waals surface area contributed by atoms with Gasteiger partial charge in [-0.05, 0) is 36.2 Å². The smallest absolute Gasteiger partial charge is 0.371 e. The number of ether oxygens (including phenoxy) is 2. The third-order valence-electron chi connectivity index (χ3n) is 3.40. The Morgan fingerprint density at radius 3 is 2.67 bits per heavy atom. The van der Waals surface area contributed by atoms with Gasteiger partial charge in [0.05, 0.1) is 5.02 Å². The molecule has 1 aliphatic rings. The number of carbonyl (C=O) groups excluding carboxylic acids is 1. The number of benzene rings is 1. The van der Waals surface area contributed by atoms with Gasteiger partial charge in [0.2, 0.25) is 5.76 Å². The number of nitrogens with one attached hydrogen (secondary N) is 1. The zero-order chi connectivity index (χ0) is 17.1. The molecule has 0 aliphatic carbocycles. The Morgan fingerprint density at radius 1 is 1.17 bits per heavy atom. The first kappa shape index (κ1) is 16.2. The fourth-order valence-electron chi connectivity index (χ4n) is 2.29. The summed E-state index contributed by atoms with van der Waals surface area (Å²) in [5, 5.41) is 11.9. The molecule has 2 heterocycles. The molecule has 0 fully saturated rings. The van der Waals surface area contributed by atoms with Crippen LogP contribution in [0.5, 0.6) is 11.5 Å². The van der Waals surface area contributed by atoms with Crippen LogP contribution in [0.1, 0.15) is 26.7 Å². The summed E-state index contributed by atoms with van der Waals surface area (Å²) in [6, 6.07) is 6.14. The normalized spacial score (nSPS) is 12.7. The van der Waals surface area contributed by atoms with Crippen LogP contribution in [0.2, 0.25) is 5.02 Å². The van der Waals surface area contributed by atoms with Gasteiger partial charge in [-0.3, -0.25) is 4.79 Å². The van der Waals surface area contributed by atoms with Gasteiger partial charge in [-0.2, -0.15) is 0 Å². The maximum Gasteiger partial charge on any atom is 0.371 e. The highest BCUT2D eigenvalue weighted by Crippen LogP contribution is 2.38. The predicted molar refractivity (Wildman–Crippen MR) is 84.1 cm³/mol. The molecule has 7 nitrogen and oxygen atoms in total. The molecule has 0 saturated heterocycles. The second-order valence-electron chi connectivity index (χ2n) is 5.08. The van der Waals surface area contributed by atoms with Gasteiger partial charge < -0.3 is 24.3 Å². The van der Waals surface area contributed by atoms with Crippen LogP contribution in [-0.2, 0) is 6.42 Å². The summed E-state index contributed by atoms with van der Waals surface area (Å²) < 4.78 is 15.9. The molecule has 8 heteroatoms. The Labute approximate surface area is 142 Å². The molecule has 2 N–H and O–H groups in total. The maximum atomic E-state index is 11.9. The van der Waals surface area contributed by atoms with Gasteiger partial charge in [-0.15, -0.1) is 0 Å². The third kappa shape index (κ3) is 3.46. The molecule has 0 radical (unpaired) electrons. The highest BCUT2D eigenvalue weighted by Gasteiger charge is 2.17. The Hall–Kier alpha value is -2.67. The van der Waals surface area contributed by atoms with Crippen molar-refractivity contribution in [2.75, 3.05) is 19.8 Å². The number of carbonyl (C=O) groups is 2. The van der Waals surface area contributed by atoms with Crippen molar-refractivity contribution in [2.45, 2.75) is 6.42 Å². The van der Waals surface area contributed by atoms with E-state index in [1.807, 2.05) is 6.07 Å². The van der Waals surface area contributed by atoms with Gasteiger partial charge in [0.25, 0.3) is 5.91 Å². The highest BCUT2D eigenvalue weighted by atomic mass is 35.5. The molecule has 2 aromatic rings. The van der Waals surface area contributed by atoms with E-state index < -0.39 is 11.9 Å². The number of hydrogen-bond donors (Lipinski definition) is 2. The molecule has 1 aliphatic heterocycles. The van der Waals surface area contributed by atoms with Crippen molar-refractivity contribution in [3.63, 3.8) is 0 Å². The molecule has 0 spiro atoms. The van der Waals surface area contributed by atoms with E-state index in [0.29, 0.717) is 42.7 Å². The van der Waals surface area contributed by atoms with Crippen LogP contribution < -0.4 is 14.8 Å². The van der Waals surface area contributed by atoms with E-state index >= 15 is 0 Å². The van der Waals surface area contributed by atoms with E-state index in [9.17, 15) is 9.59 Å². The fourth-order valence-corrected chi connectivity index (χ4v) is 2.58. The largest absolute Gasteiger partial charge is 0.486 e. The number of fused-ring (bicyclic) bond motifs is 1. The molecular weight excluding hydrogens is 338 g/mol. The molecule has 1 aromatic heterocycles. The first-order chi connectivity index (χ1) is 11.5. The molecule has 0 atom stereocenters. The highest BCUT2D eigenvalue weighted by molar-refractivity contribution is 6.32. The standard InChI is InChI=1S/C16H14ClNO6/c17-10-7-9(8-13-14(10)23-6-5-22-13)3-4-18-15(19)11-1-2-12(24-11)16(20)21/h1-2,7-8H,3-6H2,(H,18,19)(H,20,21). The molecule has 0 unspecified atom stereocenters. The molecule has 0 bridgehead atoms. The molecule has 126 valence electrons. The second-order valence-corrected chi connectivity index (χ2v) is 5.48. The zero-order valence-electron chi connectivity index (χ0n) is 12.5. The summed E-state index contributed by atoms with van der Waals surface area (Å²) in [7, 11) is 0. The lowest BCUT2D eigenvalue weighted by molar-refractivity contribution is 0.0659. The van der Waals surface area contributed by atoms with E-state index in [2.05, 4.69) is 5.32 Å². The summed E-state index contributed by atoms with van der Waals surface area (Å²) in [6.45, 7) is 1.26. The quantitative estimate of drug-likeness (QED) is 0.858. The zero-order valence-corrected chi connectivity index (χ0v) is 13.3. The first-order valence-electron chi connectivity index (χ1n) is 7.24. The molecule has 0 saturated carbocycles. The summed E-state index contributed by atoms with van der Waals surface area (Å²) in [5.41, 5.74) is 0.884. The average Bonchev–Trinajstić information content (AvgIpc) is 3.05. The van der Waals surface area contributed by atoms with Crippen molar-refractivity contribution in [1.29, 1.82) is 0 Å². The van der Waals surface area contributed by atoms with Gasteiger partial charge in [0.15, 0.2) is 17.3 Å². The molecule has 24 heavy (non-hydrogen) atoms. The Bertz CT molecular complexity index is 785. The summed E-state index contributed by atoms with van der Waals surface area (Å²) in [6.07, 6.45) is 0.522. The van der Waals surface area contributed by atoms with Crippen molar-refractivity contribution >= 4 is 23.5 Å². The van der Waals surface area contributed by atoms with Crippen molar-refractivity contribution in [1.82, 2.24) is 5.32 Å². The third-order valence-corrected chi connectivity index (χ3v) is 3.68. The topological polar surface area (TPSA) is 98.0 Å². The van der Waals surface area contributed by atoms with Crippen molar-refractivity contribution in [2.24, 2.45) is 0 Å². The molecule has 1 amide bonds. The van der Waals surface area contributed by atoms with E-state index in [-0.39, 0.29) is 11.5 Å². The average molecular weight is 352 g/mol. The Balaban J connectivity index is 1.59. The van der Waals surface area contributed by atoms with Gasteiger partial charge in [0.1, 0.15) is 13.2 Å². The number of carboxylic acids is 1. The summed E-state index contributed by atoms with van der Waals surface area (Å²) in [4.78, 5) is 22.6. The minimum atomic E-state index is -1.22. The summed E-state index contributed by atoms with van der Waals surface area (Å²) in [5.74, 6) is -0.905. The van der Waals surface area contributed by atoms with Crippen LogP contribution >= 0.6 is 11.6 Å². The van der Waals surface area contributed by atoms with Crippen molar-refractivity contribution in [3.8, 4) is 11.5 Å². The first-order valence-corrected chi connectivity index (χ1v) is 7.62. The number of rotatable bonds is 5. The van der Waals surface area contributed by atoms with Crippen LogP contribution in [0.15, 0.2) is 28.7 Å². The lowest BCUT2D eigenvalue weighted by Gasteiger charge is -2.20. The lowest BCUT2D eigenvalue weighted by atomic mass is 10.1. The SMILES string of the molecule is O=C(O)c1ccc(C(=O)NCCc2cc(Cl)c3c(c2)OCCO3)o1. The van der Waals surface area contributed by atoms with Gasteiger partial charge >= 0.3 is 5.97 Å². The minimum Gasteiger partial charge on any atom is -0.486 e. The van der Waals surface area contributed by atoms with Crippen molar-refractivity contribution < 1.29 is 28.6 Å². The fraction of sp³-hybridized carbons (Fsp3) is 0.250. The van der Waals surface area contributed by atoms with E-state index in [1.54, 1.807) is 6.07 Å². The number of amides is 1. The lowest BCUT2D eigenvalue weighted by Crippen LogP contribution is -2.25. The number of halogens is 1. The molecule has 3 rings (SSSR count). The van der Waals surface area contributed by atoms with E-state index in [4.69, 9.17) is 30.6 Å². The van der Waals surface area contributed by atoms with E-state index in [1.165, 1.54) is 12.1 Å². The number of aromatic carboxylic acids is 1. The Morgan fingerprint density at radius 2 is 1.92 bits per heavy atom. The minimum absolute atomic E-state index is 0.0485. The predicted octanol–water partition coefficient (Wildman–Crippen LogP) is 2.37. The van der Waals surface area contributed by atoms with Gasteiger partial charge in [0, 0.05) is 6.54 Å². The van der Waals surface area contributed by atoms with Crippen LogP contribution in [0, 0.1) is 0 Å². The maximum absolute atomic E-state index is 11.9. The van der Waals surface area contributed by atoms with E-state index in [0.717, 1.165) is 5.56 Å². The Kier molecular flexibility index (Phi) is 4.61. The van der Waals surface area contributed by atoms with Crippen LogP contribution in [0.3, 0.4) is 0 Å². The van der Waals surface area contributed by atoms with Crippen LogP contribution in [-0.4, -0.2) is 36.7 Å². The second kappa shape index (κ2) is 6.84. The van der Waals surface area contributed by atoms with Gasteiger partial charge in [-0.25, -0.2) is 4.79 Å². The summed E-state index contributed by atoms with van der Waals surface area (Å²) >= 11 is 6.15. The van der Waals surface area contributed by atoms with Crippen molar-refractivity contribution in [3.05, 3.63) is 46.4 Å². The monoisotopic (exact) mass is 351 g/mol. The molecule has 1 aromatic carbocycles. The van der Waals surface area contributed by atoms with Crippen LogP contribution in [0.25, 0.3) is 0 Å². The van der Waals surface area contributed by atoms with Crippen LogP contribution in [0.4, 0.5) is 0 Å².